The zero-order valence-electron chi connectivity index (χ0n) is 18.2. The van der Waals surface area contributed by atoms with E-state index in [1.807, 2.05) is 30.3 Å². The summed E-state index contributed by atoms with van der Waals surface area (Å²) in [5, 5.41) is 0.788. The summed E-state index contributed by atoms with van der Waals surface area (Å²) in [6, 6.07) is 18.1. The van der Waals surface area contributed by atoms with E-state index in [1.54, 1.807) is 46.1 Å². The monoisotopic (exact) mass is 495 g/mol. The van der Waals surface area contributed by atoms with E-state index in [9.17, 15) is 9.59 Å². The molecule has 1 fully saturated rings. The molecule has 1 atom stereocenters. The van der Waals surface area contributed by atoms with Crippen LogP contribution in [0.15, 0.2) is 81.3 Å². The Balaban J connectivity index is 1.61. The Morgan fingerprint density at radius 1 is 1.09 bits per heavy atom. The fourth-order valence-electron chi connectivity index (χ4n) is 3.91. The number of halogens is 1. The number of hydrogen-bond donors (Lipinski definition) is 0. The van der Waals surface area contributed by atoms with Crippen molar-refractivity contribution in [1.82, 2.24) is 14.5 Å². The molecule has 0 spiro atoms. The highest BCUT2D eigenvalue weighted by Crippen LogP contribution is 2.36. The first kappa shape index (κ1) is 22.7. The normalized spacial score (nSPS) is 14.9. The molecule has 174 valence electrons. The lowest BCUT2D eigenvalue weighted by Gasteiger charge is -2.30. The van der Waals surface area contributed by atoms with Crippen molar-refractivity contribution in [3.8, 4) is 0 Å². The summed E-state index contributed by atoms with van der Waals surface area (Å²) in [7, 11) is 0. The number of thioether (sulfide) groups is 1. The maximum atomic E-state index is 13.6. The second-order valence-electron chi connectivity index (χ2n) is 7.87. The summed E-state index contributed by atoms with van der Waals surface area (Å²) in [6.07, 6.45) is 1.57. The van der Waals surface area contributed by atoms with Gasteiger partial charge in [-0.1, -0.05) is 53.7 Å². The summed E-state index contributed by atoms with van der Waals surface area (Å²) in [4.78, 5) is 33.7. The van der Waals surface area contributed by atoms with E-state index in [1.165, 1.54) is 11.8 Å². The number of benzene rings is 2. The molecule has 0 aliphatic carbocycles. The third-order valence-corrected chi connectivity index (χ3v) is 7.12. The molecule has 1 saturated heterocycles. The molecule has 1 aliphatic rings. The quantitative estimate of drug-likeness (QED) is 0.292. The Bertz CT molecular complexity index is 1350. The summed E-state index contributed by atoms with van der Waals surface area (Å²) >= 11 is 7.45. The second-order valence-corrected chi connectivity index (χ2v) is 9.38. The molecule has 2 aromatic carbocycles. The molecule has 0 radical (unpaired) electrons. The van der Waals surface area contributed by atoms with E-state index < -0.39 is 5.25 Å². The van der Waals surface area contributed by atoms with E-state index in [4.69, 9.17) is 25.7 Å². The van der Waals surface area contributed by atoms with Gasteiger partial charge in [-0.05, 0) is 35.9 Å². The fraction of sp³-hybridized carbons (Fsp3) is 0.240. The van der Waals surface area contributed by atoms with Crippen LogP contribution < -0.4 is 5.56 Å². The van der Waals surface area contributed by atoms with Crippen molar-refractivity contribution >= 4 is 40.2 Å². The fourth-order valence-corrected chi connectivity index (χ4v) is 5.25. The van der Waals surface area contributed by atoms with Crippen molar-refractivity contribution in [2.45, 2.75) is 17.0 Å². The largest absolute Gasteiger partial charge is 0.467 e. The van der Waals surface area contributed by atoms with Gasteiger partial charge in [0.1, 0.15) is 11.0 Å². The van der Waals surface area contributed by atoms with E-state index >= 15 is 0 Å². The number of amides is 1. The Morgan fingerprint density at radius 2 is 1.88 bits per heavy atom. The molecule has 34 heavy (non-hydrogen) atoms. The van der Waals surface area contributed by atoms with Gasteiger partial charge in [0.2, 0.25) is 5.91 Å². The first-order valence-corrected chi connectivity index (χ1v) is 12.2. The number of hydrogen-bond acceptors (Lipinski definition) is 6. The number of fused-ring (bicyclic) bond motifs is 1. The van der Waals surface area contributed by atoms with Crippen molar-refractivity contribution in [3.05, 3.63) is 93.6 Å². The Kier molecular flexibility index (Phi) is 6.71. The predicted molar refractivity (Wildman–Crippen MR) is 131 cm³/mol. The molecule has 0 N–H and O–H groups in total. The third-order valence-electron chi connectivity index (χ3n) is 5.65. The lowest BCUT2D eigenvalue weighted by Crippen LogP contribution is -2.42. The molecule has 1 aliphatic heterocycles. The zero-order chi connectivity index (χ0) is 23.5. The number of rotatable bonds is 6. The van der Waals surface area contributed by atoms with Crippen LogP contribution in [0.1, 0.15) is 16.6 Å². The number of ether oxygens (including phenoxy) is 1. The molecule has 0 bridgehead atoms. The van der Waals surface area contributed by atoms with Gasteiger partial charge < -0.3 is 14.1 Å². The van der Waals surface area contributed by atoms with Gasteiger partial charge in [0, 0.05) is 18.1 Å². The van der Waals surface area contributed by atoms with Gasteiger partial charge in [-0.15, -0.1) is 0 Å². The van der Waals surface area contributed by atoms with Crippen LogP contribution in [0.3, 0.4) is 0 Å². The SMILES string of the molecule is O=C([C@H](Sc1nc2cc(Cl)ccc2c(=O)n1Cc1ccco1)c1ccccc1)N1CCOCC1. The minimum atomic E-state index is -0.578. The summed E-state index contributed by atoms with van der Waals surface area (Å²) < 4.78 is 12.5. The molecule has 0 saturated carbocycles. The standard InChI is InChI=1S/C25H22ClN3O4S/c26-18-8-9-20-21(15-18)27-25(29(23(20)30)16-19-7-4-12-33-19)34-22(17-5-2-1-3-6-17)24(31)28-10-13-32-14-11-28/h1-9,12,15,22H,10-11,13-14,16H2/t22-/m1/s1. The van der Waals surface area contributed by atoms with Crippen molar-refractivity contribution in [1.29, 1.82) is 0 Å². The van der Waals surface area contributed by atoms with Gasteiger partial charge in [0.05, 0.1) is 36.9 Å². The van der Waals surface area contributed by atoms with Crippen molar-refractivity contribution in [2.75, 3.05) is 26.3 Å². The second kappa shape index (κ2) is 10.0. The van der Waals surface area contributed by atoms with Gasteiger partial charge in [-0.25, -0.2) is 4.98 Å². The number of carbonyl (C=O) groups is 1. The van der Waals surface area contributed by atoms with Crippen molar-refractivity contribution in [3.63, 3.8) is 0 Å². The average Bonchev–Trinajstić information content (AvgIpc) is 3.38. The van der Waals surface area contributed by atoms with Gasteiger partial charge in [0.25, 0.3) is 5.56 Å². The summed E-state index contributed by atoms with van der Waals surface area (Å²) in [6.45, 7) is 2.28. The topological polar surface area (TPSA) is 77.6 Å². The lowest BCUT2D eigenvalue weighted by molar-refractivity contribution is -0.134. The number of aromatic nitrogens is 2. The maximum Gasteiger partial charge on any atom is 0.262 e. The molecule has 2 aromatic heterocycles. The van der Waals surface area contributed by atoms with Crippen LogP contribution in [0.2, 0.25) is 5.02 Å². The highest BCUT2D eigenvalue weighted by Gasteiger charge is 2.30. The molecule has 3 heterocycles. The number of furan rings is 1. The van der Waals surface area contributed by atoms with E-state index in [0.29, 0.717) is 53.1 Å². The Hall–Kier alpha value is -3.07. The molecular weight excluding hydrogens is 474 g/mol. The first-order chi connectivity index (χ1) is 16.6. The van der Waals surface area contributed by atoms with E-state index in [2.05, 4.69) is 0 Å². The number of nitrogens with zero attached hydrogens (tertiary/aromatic N) is 3. The van der Waals surface area contributed by atoms with Gasteiger partial charge in [-0.2, -0.15) is 0 Å². The highest BCUT2D eigenvalue weighted by atomic mass is 35.5. The van der Waals surface area contributed by atoms with Crippen LogP contribution in [0.5, 0.6) is 0 Å². The average molecular weight is 496 g/mol. The van der Waals surface area contributed by atoms with Crippen LogP contribution in [0.25, 0.3) is 10.9 Å². The zero-order valence-corrected chi connectivity index (χ0v) is 19.8. The van der Waals surface area contributed by atoms with Crippen LogP contribution >= 0.6 is 23.4 Å². The van der Waals surface area contributed by atoms with Gasteiger partial charge in [-0.3, -0.25) is 14.2 Å². The van der Waals surface area contributed by atoms with Gasteiger partial charge >= 0.3 is 0 Å². The van der Waals surface area contributed by atoms with Crippen molar-refractivity contribution < 1.29 is 13.9 Å². The first-order valence-electron chi connectivity index (χ1n) is 10.9. The minimum absolute atomic E-state index is 0.0375. The molecule has 9 heteroatoms. The predicted octanol–water partition coefficient (Wildman–Crippen LogP) is 4.38. The van der Waals surface area contributed by atoms with Crippen LogP contribution in [0.4, 0.5) is 0 Å². The van der Waals surface area contributed by atoms with Crippen LogP contribution in [0, 0.1) is 0 Å². The molecule has 5 rings (SSSR count). The molecule has 7 nitrogen and oxygen atoms in total. The van der Waals surface area contributed by atoms with Crippen LogP contribution in [-0.2, 0) is 16.1 Å². The highest BCUT2D eigenvalue weighted by molar-refractivity contribution is 8.00. The third kappa shape index (κ3) is 4.75. The molecular formula is C25H22ClN3O4S. The van der Waals surface area contributed by atoms with Crippen LogP contribution in [-0.4, -0.2) is 46.7 Å². The van der Waals surface area contributed by atoms with E-state index in [-0.39, 0.29) is 18.0 Å². The summed E-state index contributed by atoms with van der Waals surface area (Å²) in [5.74, 6) is 0.583. The Morgan fingerprint density at radius 3 is 2.62 bits per heavy atom. The minimum Gasteiger partial charge on any atom is -0.467 e. The lowest BCUT2D eigenvalue weighted by atomic mass is 10.1. The Labute approximate surface area is 205 Å². The maximum absolute atomic E-state index is 13.6. The number of carbonyl (C=O) groups excluding carboxylic acids is 1. The molecule has 1 amide bonds. The van der Waals surface area contributed by atoms with Crippen molar-refractivity contribution in [2.24, 2.45) is 0 Å². The smallest absolute Gasteiger partial charge is 0.262 e. The summed E-state index contributed by atoms with van der Waals surface area (Å²) in [5.41, 5.74) is 1.11. The molecule has 0 unspecified atom stereocenters. The number of morpholine rings is 1. The van der Waals surface area contributed by atoms with E-state index in [0.717, 1.165) is 5.56 Å². The molecule has 4 aromatic rings. The van der Waals surface area contributed by atoms with Gasteiger partial charge in [0.15, 0.2) is 5.16 Å².